The van der Waals surface area contributed by atoms with Gasteiger partial charge in [-0.25, -0.2) is 0 Å². The molecule has 2 rings (SSSR count). The van der Waals surface area contributed by atoms with E-state index in [1.54, 1.807) is 0 Å². The van der Waals surface area contributed by atoms with Gasteiger partial charge in [0.15, 0.2) is 0 Å². The van der Waals surface area contributed by atoms with Crippen molar-refractivity contribution in [2.24, 2.45) is 0 Å². The second-order valence-corrected chi connectivity index (χ2v) is 11.0. The molecule has 0 aromatic carbocycles. The molecular formula is C17H33ClN2O2S2. The summed E-state index contributed by atoms with van der Waals surface area (Å²) >= 11 is 0. The van der Waals surface area contributed by atoms with Gasteiger partial charge in [0.25, 0.3) is 0 Å². The van der Waals surface area contributed by atoms with E-state index in [2.05, 4.69) is 5.32 Å². The summed E-state index contributed by atoms with van der Waals surface area (Å²) in [5, 5.41) is 15.8. The van der Waals surface area contributed by atoms with Crippen LogP contribution in [-0.4, -0.2) is 44.3 Å². The summed E-state index contributed by atoms with van der Waals surface area (Å²) in [5.41, 5.74) is -0.617. The van der Waals surface area contributed by atoms with Crippen LogP contribution < -0.4 is 5.32 Å². The Balaban J connectivity index is 0.00000288. The fraction of sp³-hybridized carbons (Fsp3) is 0.941. The number of nitrogens with zero attached hydrogens (tertiary/aromatic N) is 1. The van der Waals surface area contributed by atoms with Crippen LogP contribution in [0.25, 0.3) is 0 Å². The lowest BCUT2D eigenvalue weighted by molar-refractivity contribution is -0.246. The van der Waals surface area contributed by atoms with Gasteiger partial charge >= 0.3 is 0 Å². The van der Waals surface area contributed by atoms with Crippen molar-refractivity contribution < 1.29 is 10.0 Å². The van der Waals surface area contributed by atoms with E-state index in [-0.39, 0.29) is 35.4 Å². The maximum atomic E-state index is 12.2. The average Bonchev–Trinajstić information content (AvgIpc) is 2.93. The van der Waals surface area contributed by atoms with Crippen LogP contribution in [0.5, 0.6) is 0 Å². The summed E-state index contributed by atoms with van der Waals surface area (Å²) in [6.07, 6.45) is 6.91. The van der Waals surface area contributed by atoms with E-state index in [9.17, 15) is 10.0 Å². The highest BCUT2D eigenvalue weighted by molar-refractivity contribution is 8.77. The van der Waals surface area contributed by atoms with Crippen molar-refractivity contribution in [1.82, 2.24) is 10.4 Å². The van der Waals surface area contributed by atoms with Gasteiger partial charge in [0.2, 0.25) is 5.91 Å². The first-order valence-corrected chi connectivity index (χ1v) is 11.2. The van der Waals surface area contributed by atoms with Crippen LogP contribution in [0.15, 0.2) is 0 Å². The third-order valence-corrected chi connectivity index (χ3v) is 7.92. The Hall–Kier alpha value is 0.380. The molecule has 0 bridgehead atoms. The van der Waals surface area contributed by atoms with Crippen molar-refractivity contribution in [3.63, 3.8) is 0 Å². The van der Waals surface area contributed by atoms with E-state index in [1.807, 2.05) is 49.3 Å². The predicted molar refractivity (Wildman–Crippen MR) is 107 cm³/mol. The summed E-state index contributed by atoms with van der Waals surface area (Å²) in [6, 6.07) is 0.151. The lowest BCUT2D eigenvalue weighted by atomic mass is 9.79. The normalized spacial score (nSPS) is 26.8. The number of hydrogen-bond acceptors (Lipinski definition) is 5. The minimum atomic E-state index is -0.308. The Kier molecular flexibility index (Phi) is 8.74. The molecule has 24 heavy (non-hydrogen) atoms. The van der Waals surface area contributed by atoms with Gasteiger partial charge in [-0.1, -0.05) is 28.0 Å². The first-order valence-electron chi connectivity index (χ1n) is 8.77. The Morgan fingerprint density at radius 3 is 2.38 bits per heavy atom. The Bertz CT molecular complexity index is 397. The number of hydroxylamine groups is 2. The molecule has 2 saturated heterocycles. The van der Waals surface area contributed by atoms with Crippen LogP contribution in [0.2, 0.25) is 0 Å². The maximum Gasteiger partial charge on any atom is 0.220 e. The highest BCUT2D eigenvalue weighted by Crippen LogP contribution is 2.40. The molecule has 142 valence electrons. The molecule has 2 aliphatic heterocycles. The minimum Gasteiger partial charge on any atom is -0.353 e. The number of rotatable bonds is 6. The Labute approximate surface area is 161 Å². The smallest absolute Gasteiger partial charge is 0.220 e. The van der Waals surface area contributed by atoms with Gasteiger partial charge in [-0.15, -0.1) is 12.4 Å². The van der Waals surface area contributed by atoms with Crippen molar-refractivity contribution in [3.8, 4) is 0 Å². The van der Waals surface area contributed by atoms with Crippen molar-refractivity contribution in [1.29, 1.82) is 0 Å². The SMILES string of the molecule is CC1(C)CC(NC(=O)CCCCC2CCSS2)CC(C)(C)N1O.Cl. The van der Waals surface area contributed by atoms with Gasteiger partial charge in [0, 0.05) is 34.5 Å². The third kappa shape index (κ3) is 6.27. The topological polar surface area (TPSA) is 52.6 Å². The molecule has 0 saturated carbocycles. The lowest BCUT2D eigenvalue weighted by Crippen LogP contribution is -2.62. The van der Waals surface area contributed by atoms with Crippen molar-refractivity contribution in [2.45, 2.75) is 95.0 Å². The molecule has 0 radical (unpaired) electrons. The summed E-state index contributed by atoms with van der Waals surface area (Å²) < 4.78 is 0. The van der Waals surface area contributed by atoms with Crippen molar-refractivity contribution >= 4 is 39.9 Å². The average molecular weight is 397 g/mol. The van der Waals surface area contributed by atoms with Gasteiger partial charge in [0.1, 0.15) is 0 Å². The minimum absolute atomic E-state index is 0. The number of amides is 1. The molecule has 4 nitrogen and oxygen atoms in total. The number of unbranched alkanes of at least 4 members (excludes halogenated alkanes) is 1. The summed E-state index contributed by atoms with van der Waals surface area (Å²) in [5.74, 6) is 1.45. The molecular weight excluding hydrogens is 364 g/mol. The van der Waals surface area contributed by atoms with Crippen LogP contribution >= 0.6 is 34.0 Å². The van der Waals surface area contributed by atoms with E-state index in [0.717, 1.165) is 30.9 Å². The van der Waals surface area contributed by atoms with E-state index in [0.29, 0.717) is 6.42 Å². The molecule has 1 atom stereocenters. The monoisotopic (exact) mass is 396 g/mol. The lowest BCUT2D eigenvalue weighted by Gasteiger charge is -2.51. The molecule has 7 heteroatoms. The number of piperidine rings is 1. The van der Waals surface area contributed by atoms with E-state index in [1.165, 1.54) is 23.7 Å². The largest absolute Gasteiger partial charge is 0.353 e. The second-order valence-electron chi connectivity index (χ2n) is 8.18. The number of hydrogen-bond donors (Lipinski definition) is 2. The van der Waals surface area contributed by atoms with E-state index >= 15 is 0 Å². The number of nitrogens with one attached hydrogen (secondary N) is 1. The Morgan fingerprint density at radius 2 is 1.83 bits per heavy atom. The maximum absolute atomic E-state index is 12.2. The zero-order valence-corrected chi connectivity index (χ0v) is 17.8. The second kappa shape index (κ2) is 9.36. The zero-order chi connectivity index (χ0) is 17.1. The summed E-state index contributed by atoms with van der Waals surface area (Å²) in [4.78, 5) is 12.2. The fourth-order valence-corrected chi connectivity index (χ4v) is 6.92. The van der Waals surface area contributed by atoms with E-state index < -0.39 is 0 Å². The highest BCUT2D eigenvalue weighted by Gasteiger charge is 2.45. The van der Waals surface area contributed by atoms with Crippen LogP contribution in [0, 0.1) is 0 Å². The third-order valence-electron chi connectivity index (χ3n) is 4.91. The molecule has 0 aromatic rings. The number of carbonyl (C=O) groups is 1. The van der Waals surface area contributed by atoms with E-state index in [4.69, 9.17) is 0 Å². The predicted octanol–water partition coefficient (Wildman–Crippen LogP) is 4.65. The number of halogens is 1. The summed E-state index contributed by atoms with van der Waals surface area (Å²) in [6.45, 7) is 8.13. The van der Waals surface area contributed by atoms with Crippen LogP contribution in [0.1, 0.15) is 72.6 Å². The quantitative estimate of drug-likeness (QED) is 0.505. The van der Waals surface area contributed by atoms with Gasteiger partial charge < -0.3 is 10.5 Å². The molecule has 2 heterocycles. The molecule has 2 N–H and O–H groups in total. The standard InChI is InChI=1S/C17H32N2O2S2.ClH/c1-16(2)11-13(12-17(3,4)19(16)21)18-15(20)8-6-5-7-14-9-10-22-23-14;/h13-14,21H,5-12H2,1-4H3,(H,18,20);1H. The Morgan fingerprint density at radius 1 is 1.21 bits per heavy atom. The molecule has 2 fully saturated rings. The van der Waals surface area contributed by atoms with Gasteiger partial charge in [-0.05, 0) is 59.8 Å². The molecule has 0 aromatic heterocycles. The molecule has 0 spiro atoms. The fourth-order valence-electron chi connectivity index (χ4n) is 3.89. The van der Waals surface area contributed by atoms with Gasteiger partial charge in [0.05, 0.1) is 0 Å². The number of carbonyl (C=O) groups excluding carboxylic acids is 1. The first-order chi connectivity index (χ1) is 10.7. The first kappa shape index (κ1) is 22.4. The molecule has 1 unspecified atom stereocenters. The van der Waals surface area contributed by atoms with Gasteiger partial charge in [-0.3, -0.25) is 4.79 Å². The molecule has 0 aliphatic carbocycles. The van der Waals surface area contributed by atoms with Crippen LogP contribution in [0.3, 0.4) is 0 Å². The molecule has 2 aliphatic rings. The van der Waals surface area contributed by atoms with Crippen molar-refractivity contribution in [2.75, 3.05) is 5.75 Å². The highest BCUT2D eigenvalue weighted by atomic mass is 35.5. The summed E-state index contributed by atoms with van der Waals surface area (Å²) in [7, 11) is 4.00. The van der Waals surface area contributed by atoms with Gasteiger partial charge in [-0.2, -0.15) is 5.06 Å². The molecule has 1 amide bonds. The van der Waals surface area contributed by atoms with Crippen LogP contribution in [-0.2, 0) is 4.79 Å². The zero-order valence-electron chi connectivity index (χ0n) is 15.3. The van der Waals surface area contributed by atoms with Crippen molar-refractivity contribution in [3.05, 3.63) is 0 Å². The van der Waals surface area contributed by atoms with Crippen LogP contribution in [0.4, 0.5) is 0 Å².